The minimum Gasteiger partial charge on any atom is -0.384 e. The lowest BCUT2D eigenvalue weighted by Gasteiger charge is -2.31. The standard InChI is InChI=1S/C19H27N3OS/c1-23-13-18-11-21(8-16-6-7-24-14-16)10-17-12-22(20-19(17)18)9-15-4-2-3-5-15/h6-7,12,14-15,18H,2-5,8-11,13H2,1H3/t18-/m0/s1. The van der Waals surface area contributed by atoms with Crippen molar-refractivity contribution in [1.29, 1.82) is 0 Å². The molecule has 1 atom stereocenters. The molecule has 2 aromatic heterocycles. The summed E-state index contributed by atoms with van der Waals surface area (Å²) in [5, 5.41) is 9.38. The average molecular weight is 346 g/mol. The smallest absolute Gasteiger partial charge is 0.0736 e. The van der Waals surface area contributed by atoms with Crippen LogP contribution in [0.3, 0.4) is 0 Å². The fourth-order valence-electron chi connectivity index (χ4n) is 4.29. The molecule has 130 valence electrons. The number of nitrogens with zero attached hydrogens (tertiary/aromatic N) is 3. The zero-order valence-electron chi connectivity index (χ0n) is 14.5. The van der Waals surface area contributed by atoms with E-state index in [0.29, 0.717) is 5.92 Å². The van der Waals surface area contributed by atoms with Gasteiger partial charge >= 0.3 is 0 Å². The summed E-state index contributed by atoms with van der Waals surface area (Å²) >= 11 is 1.78. The highest BCUT2D eigenvalue weighted by Crippen LogP contribution is 2.31. The number of thiophene rings is 1. The summed E-state index contributed by atoms with van der Waals surface area (Å²) in [5.74, 6) is 1.22. The van der Waals surface area contributed by atoms with E-state index in [1.165, 1.54) is 42.5 Å². The maximum Gasteiger partial charge on any atom is 0.0736 e. The highest BCUT2D eigenvalue weighted by molar-refractivity contribution is 7.07. The fraction of sp³-hybridized carbons (Fsp3) is 0.632. The van der Waals surface area contributed by atoms with Crippen LogP contribution in [0.25, 0.3) is 0 Å². The second kappa shape index (κ2) is 7.38. The lowest BCUT2D eigenvalue weighted by atomic mass is 9.97. The van der Waals surface area contributed by atoms with Crippen molar-refractivity contribution in [3.8, 4) is 0 Å². The summed E-state index contributed by atoms with van der Waals surface area (Å²) in [6.45, 7) is 4.93. The summed E-state index contributed by atoms with van der Waals surface area (Å²) in [6, 6.07) is 2.23. The van der Waals surface area contributed by atoms with Crippen molar-refractivity contribution in [3.05, 3.63) is 39.8 Å². The number of methoxy groups -OCH3 is 1. The van der Waals surface area contributed by atoms with E-state index in [4.69, 9.17) is 9.84 Å². The molecular formula is C19H27N3OS. The van der Waals surface area contributed by atoms with E-state index in [2.05, 4.69) is 32.6 Å². The molecule has 0 aromatic carbocycles. The molecule has 4 rings (SSSR count). The lowest BCUT2D eigenvalue weighted by molar-refractivity contribution is 0.134. The van der Waals surface area contributed by atoms with Gasteiger partial charge in [0.25, 0.3) is 0 Å². The van der Waals surface area contributed by atoms with Crippen molar-refractivity contribution in [2.45, 2.75) is 51.2 Å². The molecule has 2 aromatic rings. The van der Waals surface area contributed by atoms with Crippen LogP contribution in [-0.2, 0) is 24.4 Å². The van der Waals surface area contributed by atoms with Crippen LogP contribution in [0.4, 0.5) is 0 Å². The van der Waals surface area contributed by atoms with Gasteiger partial charge in [-0.1, -0.05) is 12.8 Å². The monoisotopic (exact) mass is 345 g/mol. The van der Waals surface area contributed by atoms with E-state index in [9.17, 15) is 0 Å². The Balaban J connectivity index is 1.50. The van der Waals surface area contributed by atoms with Gasteiger partial charge in [-0.2, -0.15) is 16.4 Å². The van der Waals surface area contributed by atoms with E-state index >= 15 is 0 Å². The largest absolute Gasteiger partial charge is 0.384 e. The molecule has 4 nitrogen and oxygen atoms in total. The molecule has 1 aliphatic carbocycles. The molecule has 0 amide bonds. The van der Waals surface area contributed by atoms with Gasteiger partial charge in [-0.05, 0) is 41.1 Å². The summed E-state index contributed by atoms with van der Waals surface area (Å²) in [7, 11) is 1.80. The summed E-state index contributed by atoms with van der Waals surface area (Å²) in [4.78, 5) is 2.54. The molecule has 1 aliphatic heterocycles. The maximum absolute atomic E-state index is 5.49. The second-order valence-electron chi connectivity index (χ2n) is 7.37. The van der Waals surface area contributed by atoms with Crippen molar-refractivity contribution in [2.24, 2.45) is 5.92 Å². The molecule has 2 aliphatic rings. The Bertz CT molecular complexity index is 646. The number of rotatable bonds is 6. The second-order valence-corrected chi connectivity index (χ2v) is 8.15. The lowest BCUT2D eigenvalue weighted by Crippen LogP contribution is -2.34. The van der Waals surface area contributed by atoms with E-state index < -0.39 is 0 Å². The van der Waals surface area contributed by atoms with Gasteiger partial charge in [0, 0.05) is 51.0 Å². The van der Waals surface area contributed by atoms with Gasteiger partial charge < -0.3 is 4.74 Å². The molecule has 0 bridgehead atoms. The van der Waals surface area contributed by atoms with E-state index in [1.807, 2.05) is 0 Å². The third-order valence-corrected chi connectivity index (χ3v) is 6.14. The molecule has 0 N–H and O–H groups in total. The third-order valence-electron chi connectivity index (χ3n) is 5.40. The predicted molar refractivity (Wildman–Crippen MR) is 97.2 cm³/mol. The van der Waals surface area contributed by atoms with Crippen LogP contribution in [0, 0.1) is 5.92 Å². The van der Waals surface area contributed by atoms with Gasteiger partial charge in [0.05, 0.1) is 12.3 Å². The number of fused-ring (bicyclic) bond motifs is 1. The summed E-state index contributed by atoms with van der Waals surface area (Å²) < 4.78 is 7.71. The van der Waals surface area contributed by atoms with Crippen molar-refractivity contribution >= 4 is 11.3 Å². The van der Waals surface area contributed by atoms with Crippen molar-refractivity contribution in [1.82, 2.24) is 14.7 Å². The SMILES string of the molecule is COC[C@@H]1CN(Cc2ccsc2)Cc2cn(CC3CCCC3)nc21. The molecular weight excluding hydrogens is 318 g/mol. The molecule has 0 unspecified atom stereocenters. The molecule has 0 spiro atoms. The minimum atomic E-state index is 0.391. The Morgan fingerprint density at radius 2 is 2.21 bits per heavy atom. The van der Waals surface area contributed by atoms with Gasteiger partial charge in [0.1, 0.15) is 0 Å². The Morgan fingerprint density at radius 3 is 2.96 bits per heavy atom. The molecule has 1 fully saturated rings. The van der Waals surface area contributed by atoms with Gasteiger partial charge in [-0.3, -0.25) is 9.58 Å². The predicted octanol–water partition coefficient (Wildman–Crippen LogP) is 3.88. The molecule has 5 heteroatoms. The van der Waals surface area contributed by atoms with E-state index in [0.717, 1.165) is 38.7 Å². The zero-order valence-corrected chi connectivity index (χ0v) is 15.3. The van der Waals surface area contributed by atoms with Crippen molar-refractivity contribution in [2.75, 3.05) is 20.3 Å². The topological polar surface area (TPSA) is 30.3 Å². The highest BCUT2D eigenvalue weighted by atomic mass is 32.1. The van der Waals surface area contributed by atoms with Crippen molar-refractivity contribution < 1.29 is 4.74 Å². The normalized spacial score (nSPS) is 22.1. The first-order chi connectivity index (χ1) is 11.8. The van der Waals surface area contributed by atoms with E-state index in [1.54, 1.807) is 18.4 Å². The summed E-state index contributed by atoms with van der Waals surface area (Å²) in [5.41, 5.74) is 4.09. The van der Waals surface area contributed by atoms with Gasteiger partial charge in [0.15, 0.2) is 0 Å². The third kappa shape index (κ3) is 3.58. The van der Waals surface area contributed by atoms with Crippen molar-refractivity contribution in [3.63, 3.8) is 0 Å². The average Bonchev–Trinajstić information content (AvgIpc) is 3.29. The van der Waals surface area contributed by atoms with Crippen LogP contribution in [0.1, 0.15) is 48.4 Å². The number of ether oxygens (including phenoxy) is 1. The first kappa shape index (κ1) is 16.3. The Kier molecular flexibility index (Phi) is 5.01. The molecule has 0 radical (unpaired) electrons. The van der Waals surface area contributed by atoms with Gasteiger partial charge in [0.2, 0.25) is 0 Å². The Labute approximate surface area is 148 Å². The molecule has 0 saturated heterocycles. The van der Waals surface area contributed by atoms with Crippen LogP contribution in [0.2, 0.25) is 0 Å². The molecule has 1 saturated carbocycles. The molecule has 24 heavy (non-hydrogen) atoms. The zero-order chi connectivity index (χ0) is 16.4. The Morgan fingerprint density at radius 1 is 1.33 bits per heavy atom. The van der Waals surface area contributed by atoms with Gasteiger partial charge in [-0.15, -0.1) is 0 Å². The van der Waals surface area contributed by atoms with Crippen LogP contribution < -0.4 is 0 Å². The number of hydrogen-bond donors (Lipinski definition) is 0. The molecule has 3 heterocycles. The highest BCUT2D eigenvalue weighted by Gasteiger charge is 2.29. The maximum atomic E-state index is 5.49. The number of aromatic nitrogens is 2. The Hall–Kier alpha value is -1.17. The fourth-order valence-corrected chi connectivity index (χ4v) is 4.95. The first-order valence-electron chi connectivity index (χ1n) is 9.10. The summed E-state index contributed by atoms with van der Waals surface area (Å²) in [6.07, 6.45) is 7.83. The van der Waals surface area contributed by atoms with Crippen LogP contribution in [-0.4, -0.2) is 34.9 Å². The quantitative estimate of drug-likeness (QED) is 0.796. The number of hydrogen-bond acceptors (Lipinski definition) is 4. The first-order valence-corrected chi connectivity index (χ1v) is 10.0. The van der Waals surface area contributed by atoms with Gasteiger partial charge in [-0.25, -0.2) is 0 Å². The van der Waals surface area contributed by atoms with E-state index in [-0.39, 0.29) is 0 Å². The van der Waals surface area contributed by atoms with Crippen LogP contribution in [0.5, 0.6) is 0 Å². The van der Waals surface area contributed by atoms with Crippen LogP contribution in [0.15, 0.2) is 23.0 Å². The van der Waals surface area contributed by atoms with Crippen LogP contribution >= 0.6 is 11.3 Å². The minimum absolute atomic E-state index is 0.391.